The van der Waals surface area contributed by atoms with Crippen molar-refractivity contribution in [2.75, 3.05) is 0 Å². The second-order valence-electron chi connectivity index (χ2n) is 4.42. The molecule has 0 bridgehead atoms. The molecular weight excluding hydrogens is 242 g/mol. The van der Waals surface area contributed by atoms with E-state index < -0.39 is 0 Å². The molecule has 0 heterocycles. The molecule has 0 atom stereocenters. The first-order chi connectivity index (χ1) is 9.86. The molecule has 1 rings (SSSR count). The highest BCUT2D eigenvalue weighted by molar-refractivity contribution is 5.41. The van der Waals surface area contributed by atoms with Crippen molar-refractivity contribution >= 4 is 0 Å². The van der Waals surface area contributed by atoms with E-state index in [0.717, 1.165) is 12.0 Å². The Hall–Kier alpha value is -2.43. The van der Waals surface area contributed by atoms with Crippen LogP contribution in [-0.4, -0.2) is 0 Å². The molecule has 0 spiro atoms. The van der Waals surface area contributed by atoms with Gasteiger partial charge in [0.2, 0.25) is 0 Å². The summed E-state index contributed by atoms with van der Waals surface area (Å²) in [7, 11) is 0. The van der Waals surface area contributed by atoms with Gasteiger partial charge in [-0.1, -0.05) is 49.9 Å². The quantitative estimate of drug-likeness (QED) is 0.580. The van der Waals surface area contributed by atoms with Crippen molar-refractivity contribution in [3.8, 4) is 29.8 Å². The van der Waals surface area contributed by atoms with Crippen LogP contribution < -0.4 is 0 Å². The fourth-order valence-electron chi connectivity index (χ4n) is 1.61. The van der Waals surface area contributed by atoms with Gasteiger partial charge >= 0.3 is 0 Å². The minimum atomic E-state index is 0.653. The smallest absolute Gasteiger partial charge is 0.0991 e. The van der Waals surface area contributed by atoms with E-state index >= 15 is 0 Å². The Balaban J connectivity index is 2.32. The monoisotopic (exact) mass is 261 g/mol. The second-order valence-corrected chi connectivity index (χ2v) is 4.42. The van der Waals surface area contributed by atoms with Gasteiger partial charge in [0.15, 0.2) is 0 Å². The standard InChI is InChI=1S/C19H19N/c1-2-3-4-5-6-7-8-9-10-11-12-18-13-15-19(17-20)16-14-18/h9-10,13-16H,2-6H2,1H3/b10-9-. The Labute approximate surface area is 122 Å². The Morgan fingerprint density at radius 1 is 0.950 bits per heavy atom. The Morgan fingerprint density at radius 2 is 1.65 bits per heavy atom. The molecule has 20 heavy (non-hydrogen) atoms. The summed E-state index contributed by atoms with van der Waals surface area (Å²) in [6.07, 6.45) is 9.53. The zero-order valence-electron chi connectivity index (χ0n) is 11.9. The number of nitrogens with zero attached hydrogens (tertiary/aromatic N) is 1. The summed E-state index contributed by atoms with van der Waals surface area (Å²) in [5.74, 6) is 12.0. The molecule has 0 radical (unpaired) electrons. The van der Waals surface area contributed by atoms with E-state index in [1.165, 1.54) is 25.7 Å². The molecule has 0 aliphatic heterocycles. The minimum Gasteiger partial charge on any atom is -0.192 e. The van der Waals surface area contributed by atoms with Crippen LogP contribution in [0.2, 0.25) is 0 Å². The Bertz CT molecular complexity index is 577. The molecule has 0 aromatic heterocycles. The first kappa shape index (κ1) is 15.6. The van der Waals surface area contributed by atoms with Crippen LogP contribution in [0.15, 0.2) is 36.4 Å². The van der Waals surface area contributed by atoms with Gasteiger partial charge in [0.05, 0.1) is 11.6 Å². The van der Waals surface area contributed by atoms with Crippen LogP contribution in [0.25, 0.3) is 0 Å². The SMILES string of the molecule is CCCCCCC#C/C=C\C#Cc1ccc(C#N)cc1. The molecule has 1 nitrogen and oxygen atoms in total. The largest absolute Gasteiger partial charge is 0.192 e. The van der Waals surface area contributed by atoms with Gasteiger partial charge in [-0.25, -0.2) is 0 Å². The van der Waals surface area contributed by atoms with E-state index in [9.17, 15) is 0 Å². The molecule has 0 N–H and O–H groups in total. The van der Waals surface area contributed by atoms with Crippen molar-refractivity contribution in [2.45, 2.75) is 39.0 Å². The Kier molecular flexibility index (Phi) is 8.20. The van der Waals surface area contributed by atoms with Gasteiger partial charge in [0.25, 0.3) is 0 Å². The summed E-state index contributed by atoms with van der Waals surface area (Å²) >= 11 is 0. The molecule has 1 heteroatoms. The average molecular weight is 261 g/mol. The summed E-state index contributed by atoms with van der Waals surface area (Å²) < 4.78 is 0. The molecule has 1 aromatic rings. The number of allylic oxidation sites excluding steroid dienone is 2. The molecule has 1 aromatic carbocycles. The number of unbranched alkanes of at least 4 members (excludes halogenated alkanes) is 4. The number of rotatable bonds is 4. The molecule has 0 saturated heterocycles. The van der Waals surface area contributed by atoms with Gasteiger partial charge in [0.1, 0.15) is 0 Å². The van der Waals surface area contributed by atoms with Gasteiger partial charge in [-0.3, -0.25) is 0 Å². The first-order valence-corrected chi connectivity index (χ1v) is 7.02. The fourth-order valence-corrected chi connectivity index (χ4v) is 1.61. The molecule has 100 valence electrons. The lowest BCUT2D eigenvalue weighted by Crippen LogP contribution is -1.75. The summed E-state index contributed by atoms with van der Waals surface area (Å²) in [4.78, 5) is 0. The lowest BCUT2D eigenvalue weighted by Gasteiger charge is -1.91. The lowest BCUT2D eigenvalue weighted by atomic mass is 10.1. The van der Waals surface area contributed by atoms with Crippen molar-refractivity contribution in [1.29, 1.82) is 5.26 Å². The van der Waals surface area contributed by atoms with E-state index in [0.29, 0.717) is 5.56 Å². The number of hydrogen-bond donors (Lipinski definition) is 0. The lowest BCUT2D eigenvalue weighted by molar-refractivity contribution is 0.679. The van der Waals surface area contributed by atoms with Gasteiger partial charge in [-0.2, -0.15) is 5.26 Å². The van der Waals surface area contributed by atoms with E-state index in [1.54, 1.807) is 24.3 Å². The highest BCUT2D eigenvalue weighted by Gasteiger charge is 1.88. The van der Waals surface area contributed by atoms with Crippen molar-refractivity contribution in [3.63, 3.8) is 0 Å². The zero-order chi connectivity index (χ0) is 14.5. The summed E-state index contributed by atoms with van der Waals surface area (Å²) in [5.41, 5.74) is 1.56. The predicted octanol–water partition coefficient (Wildman–Crippen LogP) is 4.44. The summed E-state index contributed by atoms with van der Waals surface area (Å²) in [6, 6.07) is 9.31. The van der Waals surface area contributed by atoms with Gasteiger partial charge < -0.3 is 0 Å². The van der Waals surface area contributed by atoms with E-state index in [4.69, 9.17) is 5.26 Å². The molecule has 0 fully saturated rings. The Morgan fingerprint density at radius 3 is 2.35 bits per heavy atom. The molecule has 0 aliphatic carbocycles. The molecule has 0 amide bonds. The summed E-state index contributed by atoms with van der Waals surface area (Å²) in [5, 5.41) is 8.68. The van der Waals surface area contributed by atoms with Crippen LogP contribution >= 0.6 is 0 Å². The first-order valence-electron chi connectivity index (χ1n) is 7.02. The highest BCUT2D eigenvalue weighted by Crippen LogP contribution is 2.01. The van der Waals surface area contributed by atoms with Crippen LogP contribution in [0.3, 0.4) is 0 Å². The molecule has 0 aliphatic rings. The minimum absolute atomic E-state index is 0.653. The van der Waals surface area contributed by atoms with Crippen LogP contribution in [0.4, 0.5) is 0 Å². The van der Waals surface area contributed by atoms with Crippen molar-refractivity contribution in [1.82, 2.24) is 0 Å². The third-order valence-electron chi connectivity index (χ3n) is 2.74. The number of nitriles is 1. The topological polar surface area (TPSA) is 23.8 Å². The van der Waals surface area contributed by atoms with Gasteiger partial charge in [-0.15, -0.1) is 0 Å². The molecular formula is C19H19N. The van der Waals surface area contributed by atoms with Crippen molar-refractivity contribution < 1.29 is 0 Å². The zero-order valence-corrected chi connectivity index (χ0v) is 11.9. The van der Waals surface area contributed by atoms with Crippen LogP contribution in [0.1, 0.15) is 50.2 Å². The maximum Gasteiger partial charge on any atom is 0.0991 e. The molecule has 0 unspecified atom stereocenters. The van der Waals surface area contributed by atoms with Crippen LogP contribution in [0.5, 0.6) is 0 Å². The third kappa shape index (κ3) is 7.10. The summed E-state index contributed by atoms with van der Waals surface area (Å²) in [6.45, 7) is 2.21. The second kappa shape index (κ2) is 10.5. The maximum absolute atomic E-state index is 8.68. The number of benzene rings is 1. The van der Waals surface area contributed by atoms with E-state index in [1.807, 2.05) is 12.1 Å². The maximum atomic E-state index is 8.68. The highest BCUT2D eigenvalue weighted by atomic mass is 14.2. The van der Waals surface area contributed by atoms with Crippen LogP contribution in [-0.2, 0) is 0 Å². The van der Waals surface area contributed by atoms with Gasteiger partial charge in [-0.05, 0) is 42.8 Å². The predicted molar refractivity (Wildman–Crippen MR) is 83.7 cm³/mol. The van der Waals surface area contributed by atoms with E-state index in [-0.39, 0.29) is 0 Å². The molecule has 0 saturated carbocycles. The van der Waals surface area contributed by atoms with Gasteiger partial charge in [0, 0.05) is 12.0 Å². The number of hydrogen-bond acceptors (Lipinski definition) is 1. The average Bonchev–Trinajstić information content (AvgIpc) is 2.50. The third-order valence-corrected chi connectivity index (χ3v) is 2.74. The normalized spacial score (nSPS) is 9.20. The van der Waals surface area contributed by atoms with Crippen molar-refractivity contribution in [3.05, 3.63) is 47.5 Å². The van der Waals surface area contributed by atoms with E-state index in [2.05, 4.69) is 36.7 Å². The fraction of sp³-hybridized carbons (Fsp3) is 0.316. The van der Waals surface area contributed by atoms with Crippen molar-refractivity contribution in [2.24, 2.45) is 0 Å². The van der Waals surface area contributed by atoms with Crippen LogP contribution in [0, 0.1) is 35.0 Å².